The lowest BCUT2D eigenvalue weighted by Crippen LogP contribution is -2.38. The van der Waals surface area contributed by atoms with E-state index in [1.165, 1.54) is 6.92 Å². The van der Waals surface area contributed by atoms with Gasteiger partial charge in [-0.2, -0.15) is 17.6 Å². The summed E-state index contributed by atoms with van der Waals surface area (Å²) in [4.78, 5) is 0. The molecule has 0 spiro atoms. The Labute approximate surface area is 221 Å². The molecule has 1 aliphatic heterocycles. The molecular weight excluding hydrogens is 559 g/mol. The van der Waals surface area contributed by atoms with Gasteiger partial charge in [0, 0.05) is 11.1 Å². The normalized spacial score (nSPS) is 18.4. The summed E-state index contributed by atoms with van der Waals surface area (Å²) < 4.78 is 146. The van der Waals surface area contributed by atoms with Gasteiger partial charge in [0.15, 0.2) is 23.7 Å². The highest BCUT2D eigenvalue weighted by atomic mass is 19.3. The van der Waals surface area contributed by atoms with Crippen molar-refractivity contribution in [3.05, 3.63) is 100 Å². The van der Waals surface area contributed by atoms with Crippen molar-refractivity contribution in [1.82, 2.24) is 0 Å². The van der Waals surface area contributed by atoms with Gasteiger partial charge < -0.3 is 18.9 Å². The summed E-state index contributed by atoms with van der Waals surface area (Å²) in [6.07, 6.45) is -6.61. The molecule has 0 unspecified atom stereocenters. The van der Waals surface area contributed by atoms with Crippen LogP contribution in [-0.4, -0.2) is 25.9 Å². The third-order valence-electron chi connectivity index (χ3n) is 5.71. The second-order valence-electron chi connectivity index (χ2n) is 8.47. The van der Waals surface area contributed by atoms with Crippen LogP contribution in [0.2, 0.25) is 0 Å². The average Bonchev–Trinajstić information content (AvgIpc) is 2.91. The van der Waals surface area contributed by atoms with Gasteiger partial charge in [0.2, 0.25) is 5.83 Å². The first kappa shape index (κ1) is 29.4. The molecule has 214 valence electrons. The van der Waals surface area contributed by atoms with Gasteiger partial charge in [0.25, 0.3) is 0 Å². The smallest absolute Gasteiger partial charge is 0.383 e. The van der Waals surface area contributed by atoms with Gasteiger partial charge >= 0.3 is 12.1 Å². The number of benzene rings is 3. The Kier molecular flexibility index (Phi) is 8.76. The molecule has 4 rings (SSSR count). The second kappa shape index (κ2) is 11.9. The first-order valence-corrected chi connectivity index (χ1v) is 11.6. The van der Waals surface area contributed by atoms with Gasteiger partial charge in [-0.1, -0.05) is 12.1 Å². The Bertz CT molecular complexity index is 1360. The number of halogens is 9. The maximum absolute atomic E-state index is 14.8. The molecule has 0 aliphatic carbocycles. The summed E-state index contributed by atoms with van der Waals surface area (Å²) in [6, 6.07) is 4.33. The van der Waals surface area contributed by atoms with Crippen LogP contribution in [0.25, 0.3) is 17.0 Å². The van der Waals surface area contributed by atoms with Crippen LogP contribution < -0.4 is 0 Å². The lowest BCUT2D eigenvalue weighted by atomic mass is 10.0. The van der Waals surface area contributed by atoms with Crippen LogP contribution in [0.4, 0.5) is 39.5 Å². The fourth-order valence-electron chi connectivity index (χ4n) is 3.84. The summed E-state index contributed by atoms with van der Waals surface area (Å²) in [5.41, 5.74) is -2.51. The van der Waals surface area contributed by atoms with Gasteiger partial charge in [-0.05, 0) is 48.9 Å². The molecule has 0 atom stereocenters. The largest absolute Gasteiger partial charge is 0.469 e. The summed E-state index contributed by atoms with van der Waals surface area (Å²) in [5, 5.41) is 0. The van der Waals surface area contributed by atoms with Crippen molar-refractivity contribution in [2.75, 3.05) is 19.8 Å². The molecule has 1 fully saturated rings. The molecular formula is C27H19F9O4. The maximum Gasteiger partial charge on any atom is 0.383 e. The topological polar surface area (TPSA) is 36.9 Å². The van der Waals surface area contributed by atoms with E-state index >= 15 is 0 Å². The number of ether oxygens (including phenoxy) is 4. The first-order valence-electron chi connectivity index (χ1n) is 11.6. The third kappa shape index (κ3) is 6.26. The zero-order valence-corrected chi connectivity index (χ0v) is 20.4. The fourth-order valence-corrected chi connectivity index (χ4v) is 3.84. The number of alkyl halides is 2. The monoisotopic (exact) mass is 578 g/mol. The van der Waals surface area contributed by atoms with Gasteiger partial charge in [0.1, 0.15) is 17.7 Å². The molecule has 0 N–H and O–H groups in total. The predicted molar refractivity (Wildman–Crippen MR) is 122 cm³/mol. The van der Waals surface area contributed by atoms with Gasteiger partial charge in [-0.15, -0.1) is 0 Å². The quantitative estimate of drug-likeness (QED) is 0.155. The van der Waals surface area contributed by atoms with Crippen LogP contribution in [0, 0.1) is 29.1 Å². The van der Waals surface area contributed by atoms with Gasteiger partial charge in [-0.3, -0.25) is 0 Å². The molecule has 1 saturated heterocycles. The lowest BCUT2D eigenvalue weighted by Gasteiger charge is -2.32. The summed E-state index contributed by atoms with van der Waals surface area (Å²) in [6.45, 7) is 0.208. The molecule has 13 heteroatoms. The lowest BCUT2D eigenvalue weighted by molar-refractivity contribution is -0.320. The summed E-state index contributed by atoms with van der Waals surface area (Å²) in [5.74, 6) is -8.82. The molecule has 0 saturated carbocycles. The van der Waals surface area contributed by atoms with Gasteiger partial charge in [0.05, 0.1) is 30.9 Å². The molecule has 1 aliphatic rings. The molecule has 0 radical (unpaired) electrons. The van der Waals surface area contributed by atoms with Crippen LogP contribution in [0.3, 0.4) is 0 Å². The minimum atomic E-state index is -3.93. The average molecular weight is 578 g/mol. The van der Waals surface area contributed by atoms with E-state index in [0.717, 1.165) is 24.3 Å². The van der Waals surface area contributed by atoms with Crippen LogP contribution in [0.5, 0.6) is 0 Å². The Morgan fingerprint density at radius 2 is 1.40 bits per heavy atom. The first-order chi connectivity index (χ1) is 18.9. The Morgan fingerprint density at radius 1 is 0.850 bits per heavy atom. The number of hydrogen-bond donors (Lipinski definition) is 0. The van der Waals surface area contributed by atoms with Crippen molar-refractivity contribution in [3.8, 4) is 11.1 Å². The third-order valence-corrected chi connectivity index (χ3v) is 5.71. The highest BCUT2D eigenvalue weighted by Gasteiger charge is 2.38. The van der Waals surface area contributed by atoms with Crippen LogP contribution in [-0.2, 0) is 25.1 Å². The van der Waals surface area contributed by atoms with E-state index in [4.69, 9.17) is 14.2 Å². The Hall–Kier alpha value is -3.55. The maximum atomic E-state index is 14.8. The molecule has 3 aromatic carbocycles. The van der Waals surface area contributed by atoms with Gasteiger partial charge in [-0.25, -0.2) is 22.0 Å². The van der Waals surface area contributed by atoms with E-state index in [1.807, 2.05) is 0 Å². The fraction of sp³-hybridized carbons (Fsp3) is 0.259. The van der Waals surface area contributed by atoms with E-state index in [9.17, 15) is 39.5 Å². The second-order valence-corrected chi connectivity index (χ2v) is 8.47. The van der Waals surface area contributed by atoms with E-state index in [1.54, 1.807) is 0 Å². The van der Waals surface area contributed by atoms with Crippen molar-refractivity contribution in [1.29, 1.82) is 0 Å². The van der Waals surface area contributed by atoms with Crippen molar-refractivity contribution in [2.24, 2.45) is 0 Å². The molecule has 1 heterocycles. The van der Waals surface area contributed by atoms with E-state index in [0.29, 0.717) is 24.3 Å². The molecule has 4 nitrogen and oxygen atoms in total. The van der Waals surface area contributed by atoms with Crippen LogP contribution in [0.15, 0.2) is 54.5 Å². The minimum absolute atomic E-state index is 0.179. The minimum Gasteiger partial charge on any atom is -0.469 e. The highest BCUT2D eigenvalue weighted by Crippen LogP contribution is 2.36. The SMILES string of the molecule is CCOC(F)=C(F)c1cc(F)c(-c2ccc(C(F)(F)OC3COC(c4cc(F)c(F)c(F)c4)OC3)cc2)c(F)c1. The predicted octanol–water partition coefficient (Wildman–Crippen LogP) is 7.83. The van der Waals surface area contributed by atoms with E-state index in [-0.39, 0.29) is 17.7 Å². The van der Waals surface area contributed by atoms with Crippen molar-refractivity contribution >= 4 is 5.83 Å². The molecule has 40 heavy (non-hydrogen) atoms. The van der Waals surface area contributed by atoms with E-state index < -0.39 is 89.3 Å². The number of rotatable bonds is 8. The summed E-state index contributed by atoms with van der Waals surface area (Å²) in [7, 11) is 0. The number of hydrogen-bond acceptors (Lipinski definition) is 4. The van der Waals surface area contributed by atoms with Crippen molar-refractivity contribution in [2.45, 2.75) is 25.4 Å². The zero-order valence-electron chi connectivity index (χ0n) is 20.4. The molecule has 0 aromatic heterocycles. The van der Waals surface area contributed by atoms with E-state index in [2.05, 4.69) is 4.74 Å². The van der Waals surface area contributed by atoms with Crippen molar-refractivity contribution < 1.29 is 58.5 Å². The standard InChI is InChI=1S/C27H19F9O4/c1-2-37-25(34)23(32)14-7-18(28)22(19(29)8-14)13-3-5-16(6-4-13)27(35,36)40-17-11-38-26(39-12-17)15-9-20(30)24(33)21(31)10-15/h3-10,17,26H,2,11-12H2,1H3. The van der Waals surface area contributed by atoms with Crippen LogP contribution in [0.1, 0.15) is 29.9 Å². The molecule has 0 bridgehead atoms. The highest BCUT2D eigenvalue weighted by molar-refractivity contribution is 5.69. The Balaban J connectivity index is 1.44. The zero-order chi connectivity index (χ0) is 29.2. The summed E-state index contributed by atoms with van der Waals surface area (Å²) >= 11 is 0. The molecule has 3 aromatic rings. The Morgan fingerprint density at radius 3 is 1.93 bits per heavy atom. The molecule has 0 amide bonds. The van der Waals surface area contributed by atoms with Crippen LogP contribution >= 0.6 is 0 Å². The van der Waals surface area contributed by atoms with Crippen molar-refractivity contribution in [3.63, 3.8) is 0 Å².